The molecule has 0 aromatic heterocycles. The zero-order valence-electron chi connectivity index (χ0n) is 17.5. The molecule has 0 amide bonds. The van der Waals surface area contributed by atoms with Gasteiger partial charge in [-0.25, -0.2) is 0 Å². The van der Waals surface area contributed by atoms with Gasteiger partial charge >= 0.3 is 0 Å². The van der Waals surface area contributed by atoms with Crippen molar-refractivity contribution in [1.29, 1.82) is 0 Å². The molecule has 2 atom stereocenters. The van der Waals surface area contributed by atoms with E-state index in [1.807, 2.05) is 0 Å². The second kappa shape index (κ2) is 19.1. The van der Waals surface area contributed by atoms with E-state index in [9.17, 15) is 0 Å². The van der Waals surface area contributed by atoms with Crippen LogP contribution in [0.15, 0.2) is 12.7 Å². The maximum absolute atomic E-state index is 3.79. The summed E-state index contributed by atoms with van der Waals surface area (Å²) in [5.74, 6) is 1.89. The summed E-state index contributed by atoms with van der Waals surface area (Å²) < 4.78 is 0. The second-order valence-electron chi connectivity index (χ2n) is 8.33. The summed E-state index contributed by atoms with van der Waals surface area (Å²) in [6.07, 6.45) is 26.2. The van der Waals surface area contributed by atoms with Crippen LogP contribution in [0.25, 0.3) is 0 Å². The maximum Gasteiger partial charge on any atom is -0.0353 e. The van der Waals surface area contributed by atoms with Crippen LogP contribution in [-0.2, 0) is 0 Å². The molecule has 0 aliphatic carbocycles. The van der Waals surface area contributed by atoms with Crippen molar-refractivity contribution in [3.05, 3.63) is 12.7 Å². The van der Waals surface area contributed by atoms with E-state index in [0.717, 1.165) is 11.8 Å². The summed E-state index contributed by atoms with van der Waals surface area (Å²) in [6.45, 7) is 11.0. The Labute approximate surface area is 154 Å². The molecule has 0 bridgehead atoms. The molecule has 0 aromatic carbocycles. The van der Waals surface area contributed by atoms with Crippen molar-refractivity contribution in [2.24, 2.45) is 11.8 Å². The first kappa shape index (κ1) is 23.7. The zero-order chi connectivity index (χ0) is 17.9. The smallest absolute Gasteiger partial charge is 0.0353 e. The molecule has 2 unspecified atom stereocenters. The molecule has 24 heavy (non-hydrogen) atoms. The van der Waals surface area contributed by atoms with E-state index in [2.05, 4.69) is 33.4 Å². The maximum atomic E-state index is 3.79. The van der Waals surface area contributed by atoms with Crippen LogP contribution in [0.3, 0.4) is 0 Å². The number of rotatable bonds is 19. The molecule has 0 saturated heterocycles. The van der Waals surface area contributed by atoms with E-state index in [1.165, 1.54) is 109 Å². The summed E-state index contributed by atoms with van der Waals surface area (Å²) in [7, 11) is 0. The van der Waals surface area contributed by atoms with Crippen molar-refractivity contribution in [1.82, 2.24) is 0 Å². The normalized spacial score (nSPS) is 13.8. The molecule has 144 valence electrons. The fourth-order valence-corrected chi connectivity index (χ4v) is 3.62. The van der Waals surface area contributed by atoms with Crippen LogP contribution in [0.2, 0.25) is 0 Å². The summed E-state index contributed by atoms with van der Waals surface area (Å²) in [4.78, 5) is 0. The Bertz CT molecular complexity index is 242. The SMILES string of the molecule is C=CCCCCCCCCCC(C)CCC(C)CCCCCCC. The predicted octanol–water partition coefficient (Wildman–Crippen LogP) is 9.10. The van der Waals surface area contributed by atoms with E-state index in [1.54, 1.807) is 0 Å². The Balaban J connectivity index is 3.30. The molecule has 0 aliphatic rings. The molecule has 0 aliphatic heterocycles. The van der Waals surface area contributed by atoms with Gasteiger partial charge in [-0.2, -0.15) is 0 Å². The summed E-state index contributed by atoms with van der Waals surface area (Å²) in [5, 5.41) is 0. The van der Waals surface area contributed by atoms with Crippen LogP contribution in [0.1, 0.15) is 130 Å². The average molecular weight is 337 g/mol. The molecule has 0 radical (unpaired) electrons. The third-order valence-electron chi connectivity index (χ3n) is 5.56. The molecule has 0 rings (SSSR count). The van der Waals surface area contributed by atoms with E-state index < -0.39 is 0 Å². The molecule has 0 fully saturated rings. The minimum absolute atomic E-state index is 0.945. The topological polar surface area (TPSA) is 0 Å². The van der Waals surface area contributed by atoms with Crippen LogP contribution >= 0.6 is 0 Å². The Morgan fingerprint density at radius 3 is 1.46 bits per heavy atom. The molecular weight excluding hydrogens is 288 g/mol. The minimum atomic E-state index is 0.945. The van der Waals surface area contributed by atoms with E-state index >= 15 is 0 Å². The number of hydrogen-bond acceptors (Lipinski definition) is 0. The number of allylic oxidation sites excluding steroid dienone is 1. The highest BCUT2D eigenvalue weighted by Crippen LogP contribution is 2.22. The predicted molar refractivity (Wildman–Crippen MR) is 113 cm³/mol. The minimum Gasteiger partial charge on any atom is -0.103 e. The zero-order valence-corrected chi connectivity index (χ0v) is 17.5. The van der Waals surface area contributed by atoms with E-state index in [0.29, 0.717) is 0 Å². The number of unbranched alkanes of at least 4 members (excludes halogenated alkanes) is 11. The average Bonchev–Trinajstić information content (AvgIpc) is 2.58. The monoisotopic (exact) mass is 336 g/mol. The van der Waals surface area contributed by atoms with Crippen molar-refractivity contribution < 1.29 is 0 Å². The fourth-order valence-electron chi connectivity index (χ4n) is 3.62. The van der Waals surface area contributed by atoms with Gasteiger partial charge in [0.2, 0.25) is 0 Å². The first-order chi connectivity index (χ1) is 11.7. The van der Waals surface area contributed by atoms with Gasteiger partial charge < -0.3 is 0 Å². The lowest BCUT2D eigenvalue weighted by Gasteiger charge is -2.15. The molecule has 0 aromatic rings. The molecule has 0 heteroatoms. The van der Waals surface area contributed by atoms with Crippen LogP contribution in [-0.4, -0.2) is 0 Å². The Hall–Kier alpha value is -0.260. The van der Waals surface area contributed by atoms with Gasteiger partial charge in [-0.05, 0) is 24.7 Å². The summed E-state index contributed by atoms with van der Waals surface area (Å²) >= 11 is 0. The lowest BCUT2D eigenvalue weighted by atomic mass is 9.91. The van der Waals surface area contributed by atoms with Crippen LogP contribution < -0.4 is 0 Å². The number of hydrogen-bond donors (Lipinski definition) is 0. The lowest BCUT2D eigenvalue weighted by Crippen LogP contribution is -2.01. The first-order valence-electron chi connectivity index (χ1n) is 11.3. The van der Waals surface area contributed by atoms with Gasteiger partial charge in [-0.15, -0.1) is 6.58 Å². The van der Waals surface area contributed by atoms with Gasteiger partial charge in [0.1, 0.15) is 0 Å². The molecule has 0 heterocycles. The molecule has 0 N–H and O–H groups in total. The third kappa shape index (κ3) is 18.1. The van der Waals surface area contributed by atoms with Crippen molar-refractivity contribution in [3.63, 3.8) is 0 Å². The second-order valence-corrected chi connectivity index (χ2v) is 8.33. The van der Waals surface area contributed by atoms with E-state index in [4.69, 9.17) is 0 Å². The summed E-state index contributed by atoms with van der Waals surface area (Å²) in [5.41, 5.74) is 0. The van der Waals surface area contributed by atoms with Crippen LogP contribution in [0.4, 0.5) is 0 Å². The highest BCUT2D eigenvalue weighted by atomic mass is 14.1. The van der Waals surface area contributed by atoms with Crippen molar-refractivity contribution in [2.45, 2.75) is 130 Å². The first-order valence-corrected chi connectivity index (χ1v) is 11.3. The Kier molecular flexibility index (Phi) is 18.9. The van der Waals surface area contributed by atoms with Gasteiger partial charge in [0.25, 0.3) is 0 Å². The van der Waals surface area contributed by atoms with Gasteiger partial charge in [0, 0.05) is 0 Å². The molecule has 0 nitrogen and oxygen atoms in total. The highest BCUT2D eigenvalue weighted by molar-refractivity contribution is 4.65. The van der Waals surface area contributed by atoms with Crippen molar-refractivity contribution in [2.75, 3.05) is 0 Å². The van der Waals surface area contributed by atoms with Gasteiger partial charge in [0.15, 0.2) is 0 Å². The third-order valence-corrected chi connectivity index (χ3v) is 5.56. The molecule has 0 spiro atoms. The standard InChI is InChI=1S/C24H48/c1-5-7-9-11-12-13-14-16-18-20-24(4)22-21-23(3)19-17-15-10-8-6-2/h5,23-24H,1,6-22H2,2-4H3. The molecular formula is C24H48. The lowest BCUT2D eigenvalue weighted by molar-refractivity contribution is 0.377. The van der Waals surface area contributed by atoms with Crippen LogP contribution in [0.5, 0.6) is 0 Å². The Morgan fingerprint density at radius 1 is 0.583 bits per heavy atom. The quantitative estimate of drug-likeness (QED) is 0.163. The van der Waals surface area contributed by atoms with Gasteiger partial charge in [0.05, 0.1) is 0 Å². The van der Waals surface area contributed by atoms with Crippen molar-refractivity contribution in [3.8, 4) is 0 Å². The van der Waals surface area contributed by atoms with Gasteiger partial charge in [-0.1, -0.05) is 123 Å². The summed E-state index contributed by atoms with van der Waals surface area (Å²) in [6, 6.07) is 0. The highest BCUT2D eigenvalue weighted by Gasteiger charge is 2.07. The van der Waals surface area contributed by atoms with E-state index in [-0.39, 0.29) is 0 Å². The van der Waals surface area contributed by atoms with Gasteiger partial charge in [-0.3, -0.25) is 0 Å². The van der Waals surface area contributed by atoms with Crippen LogP contribution in [0, 0.1) is 11.8 Å². The Morgan fingerprint density at radius 2 is 1.00 bits per heavy atom. The van der Waals surface area contributed by atoms with Crippen molar-refractivity contribution >= 4 is 0 Å². The fraction of sp³-hybridized carbons (Fsp3) is 0.917. The molecule has 0 saturated carbocycles. The largest absolute Gasteiger partial charge is 0.103 e.